The van der Waals surface area contributed by atoms with Crippen LogP contribution in [-0.4, -0.2) is 48.1 Å². The number of nitro groups is 1. The molecule has 0 spiro atoms. The van der Waals surface area contributed by atoms with E-state index in [0.29, 0.717) is 32.0 Å². The minimum atomic E-state index is -0.520. The maximum absolute atomic E-state index is 12.6. The zero-order valence-corrected chi connectivity index (χ0v) is 12.2. The number of benzene rings is 1. The monoisotopic (exact) mass is 293 g/mol. The van der Waals surface area contributed by atoms with Gasteiger partial charge >= 0.3 is 0 Å². The zero-order valence-electron chi connectivity index (χ0n) is 12.2. The Morgan fingerprint density at radius 2 is 2.33 bits per heavy atom. The number of rotatable bonds is 4. The third-order valence-corrected chi connectivity index (χ3v) is 3.43. The molecule has 0 saturated carbocycles. The molecule has 7 heteroatoms. The first-order valence-electron chi connectivity index (χ1n) is 6.95. The van der Waals surface area contributed by atoms with Crippen molar-refractivity contribution in [3.63, 3.8) is 0 Å². The number of carbonyl (C=O) groups excluding carboxylic acids is 1. The molecule has 7 nitrogen and oxygen atoms in total. The number of nitrogens with zero attached hydrogens (tertiary/aromatic N) is 2. The summed E-state index contributed by atoms with van der Waals surface area (Å²) in [5.74, 6) is -0.322. The van der Waals surface area contributed by atoms with Gasteiger partial charge in [-0.25, -0.2) is 0 Å². The average Bonchev–Trinajstić information content (AvgIpc) is 2.47. The van der Waals surface area contributed by atoms with E-state index in [2.05, 4.69) is 5.32 Å². The Bertz CT molecular complexity index is 547. The van der Waals surface area contributed by atoms with Crippen molar-refractivity contribution in [3.8, 4) is 0 Å². The molecule has 1 unspecified atom stereocenters. The summed E-state index contributed by atoms with van der Waals surface area (Å²) < 4.78 is 5.30. The van der Waals surface area contributed by atoms with Crippen LogP contribution in [0.25, 0.3) is 0 Å². The van der Waals surface area contributed by atoms with Gasteiger partial charge < -0.3 is 15.0 Å². The highest BCUT2D eigenvalue weighted by Crippen LogP contribution is 2.25. The van der Waals surface area contributed by atoms with E-state index >= 15 is 0 Å². The number of nitro benzene ring substituents is 1. The van der Waals surface area contributed by atoms with Gasteiger partial charge in [-0.05, 0) is 26.0 Å². The molecule has 0 aromatic heterocycles. The van der Waals surface area contributed by atoms with Crippen molar-refractivity contribution in [3.05, 3.63) is 33.9 Å². The van der Waals surface area contributed by atoms with Crippen LogP contribution in [0.4, 0.5) is 11.4 Å². The number of morpholine rings is 1. The van der Waals surface area contributed by atoms with Crippen LogP contribution in [0.2, 0.25) is 0 Å². The molecule has 1 aromatic rings. The van der Waals surface area contributed by atoms with Gasteiger partial charge in [0.2, 0.25) is 0 Å². The van der Waals surface area contributed by atoms with Gasteiger partial charge in [0.1, 0.15) is 5.56 Å². The van der Waals surface area contributed by atoms with Gasteiger partial charge in [0, 0.05) is 24.8 Å². The van der Waals surface area contributed by atoms with E-state index < -0.39 is 4.92 Å². The molecule has 1 saturated heterocycles. The van der Waals surface area contributed by atoms with Crippen molar-refractivity contribution < 1.29 is 14.5 Å². The predicted molar refractivity (Wildman–Crippen MR) is 78.6 cm³/mol. The van der Waals surface area contributed by atoms with Crippen molar-refractivity contribution in [1.82, 2.24) is 4.90 Å². The summed E-state index contributed by atoms with van der Waals surface area (Å²) in [4.78, 5) is 24.9. The highest BCUT2D eigenvalue weighted by atomic mass is 16.6. The summed E-state index contributed by atoms with van der Waals surface area (Å²) in [5, 5.41) is 14.2. The van der Waals surface area contributed by atoms with E-state index in [1.165, 1.54) is 6.07 Å². The second-order valence-corrected chi connectivity index (χ2v) is 4.94. The summed E-state index contributed by atoms with van der Waals surface area (Å²) in [6.07, 6.45) is 0. The molecular formula is C14H19N3O4. The lowest BCUT2D eigenvalue weighted by Crippen LogP contribution is -2.47. The Labute approximate surface area is 123 Å². The van der Waals surface area contributed by atoms with E-state index in [1.54, 1.807) is 17.0 Å². The molecule has 1 N–H and O–H groups in total. The third-order valence-electron chi connectivity index (χ3n) is 3.43. The normalized spacial score (nSPS) is 18.4. The van der Waals surface area contributed by atoms with Crippen molar-refractivity contribution in [2.45, 2.75) is 19.9 Å². The molecule has 0 aliphatic carbocycles. The van der Waals surface area contributed by atoms with Crippen LogP contribution in [0.5, 0.6) is 0 Å². The molecule has 1 heterocycles. The van der Waals surface area contributed by atoms with Crippen LogP contribution >= 0.6 is 0 Å². The number of anilines is 1. The first-order chi connectivity index (χ1) is 10.0. The van der Waals surface area contributed by atoms with Gasteiger partial charge in [-0.1, -0.05) is 0 Å². The molecule has 1 aliphatic rings. The van der Waals surface area contributed by atoms with Crippen LogP contribution in [0.3, 0.4) is 0 Å². The molecule has 1 atom stereocenters. The number of carbonyl (C=O) groups is 1. The molecule has 114 valence electrons. The van der Waals surface area contributed by atoms with Crippen LogP contribution in [0.15, 0.2) is 18.2 Å². The lowest BCUT2D eigenvalue weighted by atomic mass is 10.1. The Balaban J connectivity index is 2.36. The fraction of sp³-hybridized carbons (Fsp3) is 0.500. The first kappa shape index (κ1) is 15.2. The minimum Gasteiger partial charge on any atom is -0.385 e. The molecular weight excluding hydrogens is 274 g/mol. The second-order valence-electron chi connectivity index (χ2n) is 4.94. The molecule has 0 bridgehead atoms. The average molecular weight is 293 g/mol. The Hall–Kier alpha value is -2.15. The zero-order chi connectivity index (χ0) is 15.4. The summed E-state index contributed by atoms with van der Waals surface area (Å²) in [6.45, 7) is 5.83. The standard InChI is InChI=1S/C14H19N3O4/c1-3-15-11-4-5-13(17(19)20)12(8-11)14(18)16-6-7-21-9-10(16)2/h4-5,8,10,15H,3,6-7,9H2,1-2H3. The van der Waals surface area contributed by atoms with Crippen molar-refractivity contribution in [2.75, 3.05) is 31.6 Å². The van der Waals surface area contributed by atoms with Gasteiger partial charge in [-0.15, -0.1) is 0 Å². The first-order valence-corrected chi connectivity index (χ1v) is 6.95. The van der Waals surface area contributed by atoms with Crippen molar-refractivity contribution >= 4 is 17.3 Å². The van der Waals surface area contributed by atoms with Gasteiger partial charge in [0.15, 0.2) is 0 Å². The molecule has 1 fully saturated rings. The van der Waals surface area contributed by atoms with Crippen LogP contribution in [0.1, 0.15) is 24.2 Å². The molecule has 1 amide bonds. The lowest BCUT2D eigenvalue weighted by Gasteiger charge is -2.33. The minimum absolute atomic E-state index is 0.0892. The van der Waals surface area contributed by atoms with Crippen LogP contribution in [-0.2, 0) is 4.74 Å². The summed E-state index contributed by atoms with van der Waals surface area (Å²) in [6, 6.07) is 4.44. The third kappa shape index (κ3) is 3.30. The van der Waals surface area contributed by atoms with E-state index in [0.717, 1.165) is 0 Å². The highest BCUT2D eigenvalue weighted by molar-refractivity contribution is 5.99. The largest absolute Gasteiger partial charge is 0.385 e. The van der Waals surface area contributed by atoms with Crippen LogP contribution in [0, 0.1) is 10.1 Å². The van der Waals surface area contributed by atoms with Crippen molar-refractivity contribution in [1.29, 1.82) is 0 Å². The van der Waals surface area contributed by atoms with E-state index in [1.807, 2.05) is 13.8 Å². The molecule has 1 aliphatic heterocycles. The fourth-order valence-corrected chi connectivity index (χ4v) is 2.36. The van der Waals surface area contributed by atoms with Crippen LogP contribution < -0.4 is 5.32 Å². The molecule has 2 rings (SSSR count). The Kier molecular flexibility index (Phi) is 4.74. The number of hydrogen-bond acceptors (Lipinski definition) is 5. The summed E-state index contributed by atoms with van der Waals surface area (Å²) in [5.41, 5.74) is 0.653. The maximum atomic E-state index is 12.6. The van der Waals surface area contributed by atoms with Gasteiger partial charge in [0.05, 0.1) is 24.2 Å². The Morgan fingerprint density at radius 3 is 2.95 bits per heavy atom. The number of ether oxygens (including phenoxy) is 1. The van der Waals surface area contributed by atoms with Crippen molar-refractivity contribution in [2.24, 2.45) is 0 Å². The number of nitrogens with one attached hydrogen (secondary N) is 1. The highest BCUT2D eigenvalue weighted by Gasteiger charge is 2.29. The smallest absolute Gasteiger partial charge is 0.282 e. The lowest BCUT2D eigenvalue weighted by molar-refractivity contribution is -0.385. The van der Waals surface area contributed by atoms with E-state index in [-0.39, 0.29) is 23.2 Å². The topological polar surface area (TPSA) is 84.7 Å². The SMILES string of the molecule is CCNc1ccc([N+](=O)[O-])c(C(=O)N2CCOCC2C)c1. The predicted octanol–water partition coefficient (Wildman–Crippen LogP) is 1.89. The number of hydrogen-bond donors (Lipinski definition) is 1. The van der Waals surface area contributed by atoms with Gasteiger partial charge in [-0.2, -0.15) is 0 Å². The fourth-order valence-electron chi connectivity index (χ4n) is 2.36. The maximum Gasteiger partial charge on any atom is 0.282 e. The molecule has 1 aromatic carbocycles. The van der Waals surface area contributed by atoms with E-state index in [9.17, 15) is 14.9 Å². The second kappa shape index (κ2) is 6.53. The van der Waals surface area contributed by atoms with Gasteiger partial charge in [0.25, 0.3) is 11.6 Å². The molecule has 21 heavy (non-hydrogen) atoms. The molecule has 0 radical (unpaired) electrons. The summed E-state index contributed by atoms with van der Waals surface area (Å²) in [7, 11) is 0. The van der Waals surface area contributed by atoms with E-state index in [4.69, 9.17) is 4.74 Å². The number of amides is 1. The quantitative estimate of drug-likeness (QED) is 0.677. The summed E-state index contributed by atoms with van der Waals surface area (Å²) >= 11 is 0. The van der Waals surface area contributed by atoms with Gasteiger partial charge in [-0.3, -0.25) is 14.9 Å². The Morgan fingerprint density at radius 1 is 1.57 bits per heavy atom.